The third-order valence-electron chi connectivity index (χ3n) is 4.45. The highest BCUT2D eigenvalue weighted by atomic mass is 16.4. The quantitative estimate of drug-likeness (QED) is 0.867. The van der Waals surface area contributed by atoms with Crippen LogP contribution in [0, 0.1) is 24.2 Å². The maximum atomic E-state index is 11.6. The summed E-state index contributed by atoms with van der Waals surface area (Å²) in [5, 5.41) is 13.8. The van der Waals surface area contributed by atoms with Crippen molar-refractivity contribution >= 4 is 5.97 Å². The molecule has 92 valence electrons. The van der Waals surface area contributed by atoms with Crippen LogP contribution >= 0.6 is 0 Å². The van der Waals surface area contributed by atoms with Gasteiger partial charge in [-0.25, -0.2) is 0 Å². The van der Waals surface area contributed by atoms with Gasteiger partial charge in [0.15, 0.2) is 0 Å². The van der Waals surface area contributed by atoms with Gasteiger partial charge in [-0.1, -0.05) is 0 Å². The summed E-state index contributed by atoms with van der Waals surface area (Å²) in [7, 11) is 1.90. The Morgan fingerprint density at radius 1 is 1.59 bits per heavy atom. The Hall–Kier alpha value is -1.32. The van der Waals surface area contributed by atoms with E-state index in [4.69, 9.17) is 0 Å². The molecular weight excluding hydrogens is 216 g/mol. The van der Waals surface area contributed by atoms with Crippen LogP contribution in [0.1, 0.15) is 30.7 Å². The van der Waals surface area contributed by atoms with Crippen LogP contribution in [0.25, 0.3) is 0 Å². The van der Waals surface area contributed by atoms with Gasteiger partial charge in [-0.2, -0.15) is 5.10 Å². The molecule has 4 heteroatoms. The first-order valence-electron chi connectivity index (χ1n) is 6.23. The fourth-order valence-electron chi connectivity index (χ4n) is 3.47. The number of aryl methyl sites for hydroxylation is 2. The van der Waals surface area contributed by atoms with E-state index in [0.29, 0.717) is 18.3 Å². The maximum Gasteiger partial charge on any atom is 0.310 e. The van der Waals surface area contributed by atoms with E-state index in [-0.39, 0.29) is 0 Å². The van der Waals surface area contributed by atoms with Gasteiger partial charge in [0.05, 0.1) is 11.1 Å². The number of hydrogen-bond donors (Lipinski definition) is 1. The lowest BCUT2D eigenvalue weighted by atomic mass is 9.79. The molecule has 2 saturated carbocycles. The molecule has 1 N–H and O–H groups in total. The monoisotopic (exact) mass is 234 g/mol. The van der Waals surface area contributed by atoms with Crippen molar-refractivity contribution in [2.45, 2.75) is 32.6 Å². The smallest absolute Gasteiger partial charge is 0.310 e. The maximum absolute atomic E-state index is 11.6. The Labute approximate surface area is 101 Å². The molecule has 0 amide bonds. The Morgan fingerprint density at radius 3 is 2.71 bits per heavy atom. The van der Waals surface area contributed by atoms with Gasteiger partial charge in [-0.15, -0.1) is 0 Å². The number of carboxylic acid groups (broad SMARTS) is 1. The van der Waals surface area contributed by atoms with E-state index in [1.165, 1.54) is 6.42 Å². The number of carbonyl (C=O) groups is 1. The number of rotatable bonds is 3. The lowest BCUT2D eigenvalue weighted by Crippen LogP contribution is -2.32. The van der Waals surface area contributed by atoms with Crippen LogP contribution in [0.5, 0.6) is 0 Å². The van der Waals surface area contributed by atoms with Gasteiger partial charge in [0.25, 0.3) is 0 Å². The fourth-order valence-corrected chi connectivity index (χ4v) is 3.47. The summed E-state index contributed by atoms with van der Waals surface area (Å²) in [5.74, 6) is 0.740. The first-order chi connectivity index (χ1) is 8.00. The summed E-state index contributed by atoms with van der Waals surface area (Å²) in [5.41, 5.74) is 1.49. The first kappa shape index (κ1) is 10.8. The zero-order chi connectivity index (χ0) is 12.2. The van der Waals surface area contributed by atoms with Gasteiger partial charge in [-0.05, 0) is 44.1 Å². The van der Waals surface area contributed by atoms with Crippen molar-refractivity contribution in [2.24, 2.45) is 24.3 Å². The molecule has 4 nitrogen and oxygen atoms in total. The molecule has 0 bridgehead atoms. The van der Waals surface area contributed by atoms with Crippen molar-refractivity contribution in [3.8, 4) is 0 Å². The summed E-state index contributed by atoms with van der Waals surface area (Å²) >= 11 is 0. The number of aliphatic carboxylic acids is 1. The molecule has 0 aromatic carbocycles. The van der Waals surface area contributed by atoms with E-state index in [1.807, 2.05) is 24.7 Å². The summed E-state index contributed by atoms with van der Waals surface area (Å²) in [6.07, 6.45) is 3.60. The van der Waals surface area contributed by atoms with Gasteiger partial charge >= 0.3 is 5.97 Å². The summed E-state index contributed by atoms with van der Waals surface area (Å²) < 4.78 is 1.82. The third kappa shape index (κ3) is 1.66. The van der Waals surface area contributed by atoms with Crippen LogP contribution < -0.4 is 0 Å². The molecule has 3 rings (SSSR count). The van der Waals surface area contributed by atoms with E-state index in [0.717, 1.165) is 24.2 Å². The van der Waals surface area contributed by atoms with Crippen LogP contribution in [0.15, 0.2) is 6.07 Å². The van der Waals surface area contributed by atoms with E-state index < -0.39 is 11.4 Å². The molecule has 2 unspecified atom stereocenters. The van der Waals surface area contributed by atoms with Gasteiger partial charge in [-0.3, -0.25) is 9.48 Å². The fraction of sp³-hybridized carbons (Fsp3) is 0.692. The number of nitrogens with zero attached hydrogens (tertiary/aromatic N) is 2. The summed E-state index contributed by atoms with van der Waals surface area (Å²) in [6.45, 7) is 1.95. The molecule has 0 spiro atoms. The van der Waals surface area contributed by atoms with E-state index >= 15 is 0 Å². The average molecular weight is 234 g/mol. The van der Waals surface area contributed by atoms with Gasteiger partial charge in [0, 0.05) is 19.2 Å². The Bertz CT molecular complexity index is 468. The van der Waals surface area contributed by atoms with E-state index in [9.17, 15) is 9.90 Å². The minimum Gasteiger partial charge on any atom is -0.481 e. The number of carboxylic acids is 1. The second-order valence-electron chi connectivity index (χ2n) is 5.83. The van der Waals surface area contributed by atoms with Crippen molar-refractivity contribution in [1.29, 1.82) is 0 Å². The molecule has 2 aliphatic rings. The highest BCUT2D eigenvalue weighted by Gasteiger charge is 2.57. The van der Waals surface area contributed by atoms with Crippen LogP contribution in [-0.4, -0.2) is 20.9 Å². The molecule has 0 radical (unpaired) electrons. The molecule has 1 heterocycles. The Kier molecular flexibility index (Phi) is 2.12. The predicted molar refractivity (Wildman–Crippen MR) is 62.5 cm³/mol. The highest BCUT2D eigenvalue weighted by Crippen LogP contribution is 2.60. The van der Waals surface area contributed by atoms with Crippen molar-refractivity contribution in [3.05, 3.63) is 17.5 Å². The molecule has 2 atom stereocenters. The van der Waals surface area contributed by atoms with E-state index in [1.54, 1.807) is 0 Å². The minimum absolute atomic E-state index is 0.520. The SMILES string of the molecule is Cc1cc(CC2(C(=O)O)CC3CC3C2)n(C)n1. The zero-order valence-corrected chi connectivity index (χ0v) is 10.3. The molecule has 0 saturated heterocycles. The Morgan fingerprint density at radius 2 is 2.24 bits per heavy atom. The molecule has 2 fully saturated rings. The van der Waals surface area contributed by atoms with Crippen molar-refractivity contribution in [2.75, 3.05) is 0 Å². The van der Waals surface area contributed by atoms with Crippen molar-refractivity contribution in [3.63, 3.8) is 0 Å². The number of hydrogen-bond acceptors (Lipinski definition) is 2. The molecule has 1 aromatic rings. The molecule has 17 heavy (non-hydrogen) atoms. The van der Waals surface area contributed by atoms with E-state index in [2.05, 4.69) is 5.10 Å². The number of aromatic nitrogens is 2. The number of fused-ring (bicyclic) bond motifs is 1. The summed E-state index contributed by atoms with van der Waals surface area (Å²) in [6, 6.07) is 2.01. The molecular formula is C13H18N2O2. The summed E-state index contributed by atoms with van der Waals surface area (Å²) in [4.78, 5) is 11.6. The lowest BCUT2D eigenvalue weighted by molar-refractivity contribution is -0.149. The minimum atomic E-state index is -0.622. The largest absolute Gasteiger partial charge is 0.481 e. The normalized spacial score (nSPS) is 34.7. The zero-order valence-electron chi connectivity index (χ0n) is 10.3. The van der Waals surface area contributed by atoms with Gasteiger partial charge < -0.3 is 5.11 Å². The Balaban J connectivity index is 1.86. The molecule has 2 aliphatic carbocycles. The lowest BCUT2D eigenvalue weighted by Gasteiger charge is -2.25. The van der Waals surface area contributed by atoms with Crippen LogP contribution in [0.4, 0.5) is 0 Å². The average Bonchev–Trinajstić information content (AvgIpc) is 2.72. The highest BCUT2D eigenvalue weighted by molar-refractivity contribution is 5.76. The molecule has 0 aliphatic heterocycles. The van der Waals surface area contributed by atoms with Gasteiger partial charge in [0.2, 0.25) is 0 Å². The standard InChI is InChI=1S/C13H18N2O2/c1-8-3-11(15(2)14-8)7-13(12(16)17)5-9-4-10(9)6-13/h3,9-10H,4-7H2,1-2H3,(H,16,17). The first-order valence-corrected chi connectivity index (χ1v) is 6.23. The van der Waals surface area contributed by atoms with Crippen LogP contribution in [0.3, 0.4) is 0 Å². The predicted octanol–water partition coefficient (Wildman–Crippen LogP) is 1.77. The van der Waals surface area contributed by atoms with Gasteiger partial charge in [0.1, 0.15) is 0 Å². The topological polar surface area (TPSA) is 55.1 Å². The molecule has 1 aromatic heterocycles. The van der Waals surface area contributed by atoms with Crippen molar-refractivity contribution < 1.29 is 9.90 Å². The van der Waals surface area contributed by atoms with Crippen LogP contribution in [0.2, 0.25) is 0 Å². The second kappa shape index (κ2) is 3.34. The van der Waals surface area contributed by atoms with Crippen LogP contribution in [-0.2, 0) is 18.3 Å². The second-order valence-corrected chi connectivity index (χ2v) is 5.83. The van der Waals surface area contributed by atoms with Crippen molar-refractivity contribution in [1.82, 2.24) is 9.78 Å². The third-order valence-corrected chi connectivity index (χ3v) is 4.45.